The normalized spacial score (nSPS) is 20.1. The van der Waals surface area contributed by atoms with E-state index < -0.39 is 0 Å². The maximum atomic E-state index is 12.3. The number of anilines is 2. The first-order valence-corrected chi connectivity index (χ1v) is 9.69. The Morgan fingerprint density at radius 2 is 2.04 bits per heavy atom. The van der Waals surface area contributed by atoms with Crippen molar-refractivity contribution >= 4 is 11.5 Å². The van der Waals surface area contributed by atoms with Crippen molar-refractivity contribution < 1.29 is 9.47 Å². The number of benzene rings is 1. The van der Waals surface area contributed by atoms with Gasteiger partial charge in [-0.15, -0.1) is 0 Å². The Kier molecular flexibility index (Phi) is 5.34. The molecule has 0 bridgehead atoms. The van der Waals surface area contributed by atoms with Crippen LogP contribution in [-0.2, 0) is 11.2 Å². The number of morpholine rings is 1. The highest BCUT2D eigenvalue weighted by atomic mass is 16.5. The monoisotopic (exact) mass is 369 g/mol. The van der Waals surface area contributed by atoms with Gasteiger partial charge in [-0.05, 0) is 37.0 Å². The Hall–Kier alpha value is -2.47. The first-order valence-electron chi connectivity index (χ1n) is 9.69. The van der Waals surface area contributed by atoms with Crippen LogP contribution in [0.3, 0.4) is 0 Å². The van der Waals surface area contributed by atoms with E-state index in [-0.39, 0.29) is 5.56 Å². The molecule has 2 fully saturated rings. The lowest BCUT2D eigenvalue weighted by atomic mass is 10.0. The molecule has 0 unspecified atom stereocenters. The molecule has 1 atom stereocenters. The van der Waals surface area contributed by atoms with Crippen LogP contribution in [0, 0.1) is 0 Å². The summed E-state index contributed by atoms with van der Waals surface area (Å²) >= 11 is 0. The lowest BCUT2D eigenvalue weighted by Crippen LogP contribution is -2.37. The topological polar surface area (TPSA) is 57.8 Å². The number of ether oxygens (including phenoxy) is 2. The number of aromatic nitrogens is 1. The fourth-order valence-electron chi connectivity index (χ4n) is 4.11. The van der Waals surface area contributed by atoms with Crippen LogP contribution < -0.4 is 20.1 Å². The van der Waals surface area contributed by atoms with Gasteiger partial charge in [-0.25, -0.2) is 0 Å². The second-order valence-electron chi connectivity index (χ2n) is 7.23. The van der Waals surface area contributed by atoms with Gasteiger partial charge in [0.2, 0.25) is 0 Å². The van der Waals surface area contributed by atoms with Gasteiger partial charge in [-0.2, -0.15) is 0 Å². The molecule has 0 aliphatic carbocycles. The minimum atomic E-state index is -0.0407. The summed E-state index contributed by atoms with van der Waals surface area (Å²) in [5.74, 6) is 1.81. The van der Waals surface area contributed by atoms with E-state index in [1.807, 2.05) is 12.1 Å². The van der Waals surface area contributed by atoms with Crippen LogP contribution in [0.2, 0.25) is 0 Å². The van der Waals surface area contributed by atoms with Crippen LogP contribution in [0.25, 0.3) is 0 Å². The molecule has 1 aromatic carbocycles. The third kappa shape index (κ3) is 4.11. The van der Waals surface area contributed by atoms with Crippen molar-refractivity contribution in [2.45, 2.75) is 25.3 Å². The van der Waals surface area contributed by atoms with E-state index in [2.05, 4.69) is 33.0 Å². The number of H-pyrrole nitrogens is 1. The molecule has 1 N–H and O–H groups in total. The molecule has 144 valence electrons. The summed E-state index contributed by atoms with van der Waals surface area (Å²) < 4.78 is 10.8. The van der Waals surface area contributed by atoms with Crippen LogP contribution in [-0.4, -0.2) is 51.0 Å². The third-order valence-electron chi connectivity index (χ3n) is 5.48. The Balaban J connectivity index is 1.56. The highest BCUT2D eigenvalue weighted by Gasteiger charge is 2.26. The van der Waals surface area contributed by atoms with Gasteiger partial charge < -0.3 is 24.3 Å². The summed E-state index contributed by atoms with van der Waals surface area (Å²) in [6, 6.07) is 12.5. The van der Waals surface area contributed by atoms with Gasteiger partial charge >= 0.3 is 0 Å². The standard InChI is InChI=1S/C21H27N3O3/c1-26-19-6-2-4-16(13-19)12-17-5-3-7-24(17)20-14-18(15-21(25)22-20)23-8-10-27-11-9-23/h2,4,6,13-15,17H,3,5,7-12H2,1H3,(H,22,25)/t17-/m1/s1. The van der Waals surface area contributed by atoms with Gasteiger partial charge in [-0.3, -0.25) is 4.79 Å². The zero-order chi connectivity index (χ0) is 18.6. The van der Waals surface area contributed by atoms with Crippen molar-refractivity contribution in [3.63, 3.8) is 0 Å². The number of aromatic amines is 1. The molecular weight excluding hydrogens is 342 g/mol. The Morgan fingerprint density at radius 1 is 1.19 bits per heavy atom. The summed E-state index contributed by atoms with van der Waals surface area (Å²) in [5, 5.41) is 0. The van der Waals surface area contributed by atoms with E-state index in [0.717, 1.165) is 56.2 Å². The van der Waals surface area contributed by atoms with Crippen molar-refractivity contribution in [2.75, 3.05) is 49.8 Å². The van der Waals surface area contributed by atoms with Crippen molar-refractivity contribution in [2.24, 2.45) is 0 Å². The van der Waals surface area contributed by atoms with Gasteiger partial charge in [0, 0.05) is 43.5 Å². The smallest absolute Gasteiger partial charge is 0.251 e. The second-order valence-corrected chi connectivity index (χ2v) is 7.23. The zero-order valence-corrected chi connectivity index (χ0v) is 15.8. The van der Waals surface area contributed by atoms with Crippen molar-refractivity contribution in [1.29, 1.82) is 0 Å². The number of methoxy groups -OCH3 is 1. The molecule has 6 heteroatoms. The number of pyridine rings is 1. The van der Waals surface area contributed by atoms with Crippen molar-refractivity contribution in [3.05, 3.63) is 52.3 Å². The summed E-state index contributed by atoms with van der Waals surface area (Å²) in [6.45, 7) is 4.05. The van der Waals surface area contributed by atoms with Gasteiger partial charge in [0.1, 0.15) is 11.6 Å². The number of rotatable bonds is 5. The van der Waals surface area contributed by atoms with E-state index in [1.54, 1.807) is 13.2 Å². The molecule has 6 nitrogen and oxygen atoms in total. The molecule has 0 spiro atoms. The van der Waals surface area contributed by atoms with Crippen LogP contribution in [0.15, 0.2) is 41.2 Å². The van der Waals surface area contributed by atoms with Crippen molar-refractivity contribution in [3.8, 4) is 5.75 Å². The minimum absolute atomic E-state index is 0.0407. The van der Waals surface area contributed by atoms with Crippen LogP contribution in [0.1, 0.15) is 18.4 Å². The van der Waals surface area contributed by atoms with Gasteiger partial charge in [0.05, 0.1) is 20.3 Å². The fourth-order valence-corrected chi connectivity index (χ4v) is 4.11. The summed E-state index contributed by atoms with van der Waals surface area (Å²) in [5.41, 5.74) is 2.21. The quantitative estimate of drug-likeness (QED) is 0.877. The average Bonchev–Trinajstić information content (AvgIpc) is 3.16. The molecule has 2 saturated heterocycles. The molecule has 0 saturated carbocycles. The Morgan fingerprint density at radius 3 is 2.85 bits per heavy atom. The fraction of sp³-hybridized carbons (Fsp3) is 0.476. The molecule has 2 aliphatic rings. The molecule has 27 heavy (non-hydrogen) atoms. The van der Waals surface area contributed by atoms with Gasteiger partial charge in [-0.1, -0.05) is 12.1 Å². The van der Waals surface area contributed by atoms with E-state index in [4.69, 9.17) is 9.47 Å². The summed E-state index contributed by atoms with van der Waals surface area (Å²) in [4.78, 5) is 19.9. The van der Waals surface area contributed by atoms with Crippen LogP contribution >= 0.6 is 0 Å². The molecule has 2 aromatic rings. The van der Waals surface area contributed by atoms with E-state index in [9.17, 15) is 4.79 Å². The molecule has 3 heterocycles. The number of hydrogen-bond acceptors (Lipinski definition) is 5. The van der Waals surface area contributed by atoms with E-state index >= 15 is 0 Å². The van der Waals surface area contributed by atoms with E-state index in [1.165, 1.54) is 5.56 Å². The zero-order valence-electron chi connectivity index (χ0n) is 15.8. The number of hydrogen-bond donors (Lipinski definition) is 1. The number of nitrogens with one attached hydrogen (secondary N) is 1. The van der Waals surface area contributed by atoms with Crippen molar-refractivity contribution in [1.82, 2.24) is 4.98 Å². The minimum Gasteiger partial charge on any atom is -0.497 e. The lowest BCUT2D eigenvalue weighted by Gasteiger charge is -2.31. The first kappa shape index (κ1) is 17.9. The molecule has 4 rings (SSSR count). The Labute approximate surface area is 159 Å². The summed E-state index contributed by atoms with van der Waals surface area (Å²) in [7, 11) is 1.70. The lowest BCUT2D eigenvalue weighted by molar-refractivity contribution is 0.122. The maximum absolute atomic E-state index is 12.3. The second kappa shape index (κ2) is 8.05. The number of nitrogens with zero attached hydrogens (tertiary/aromatic N) is 2. The SMILES string of the molecule is COc1cccc(C[C@H]2CCCN2c2cc(N3CCOCC3)cc(=O)[nH]2)c1. The van der Waals surface area contributed by atoms with Crippen LogP contribution in [0.4, 0.5) is 11.5 Å². The first-order chi connectivity index (χ1) is 13.2. The maximum Gasteiger partial charge on any atom is 0.251 e. The largest absolute Gasteiger partial charge is 0.497 e. The highest BCUT2D eigenvalue weighted by Crippen LogP contribution is 2.29. The van der Waals surface area contributed by atoms with E-state index in [0.29, 0.717) is 19.3 Å². The summed E-state index contributed by atoms with van der Waals surface area (Å²) in [6.07, 6.45) is 3.21. The van der Waals surface area contributed by atoms with Gasteiger partial charge in [0.15, 0.2) is 0 Å². The molecule has 2 aliphatic heterocycles. The highest BCUT2D eigenvalue weighted by molar-refractivity contribution is 5.56. The van der Waals surface area contributed by atoms with Crippen LogP contribution in [0.5, 0.6) is 5.75 Å². The molecule has 1 aromatic heterocycles. The molecule has 0 amide bonds. The Bertz CT molecular complexity index is 829. The molecule has 0 radical (unpaired) electrons. The van der Waals surface area contributed by atoms with Gasteiger partial charge in [0.25, 0.3) is 5.56 Å². The predicted octanol–water partition coefficient (Wildman–Crippen LogP) is 2.43. The molecular formula is C21H27N3O3. The average molecular weight is 369 g/mol. The predicted molar refractivity (Wildman–Crippen MR) is 107 cm³/mol. The third-order valence-corrected chi connectivity index (χ3v) is 5.48.